The molecule has 5 heteroatoms. The Bertz CT molecular complexity index is 758. The number of fused-ring (bicyclic) bond motifs is 1. The number of aromatic nitrogens is 1. The number of nitrogens with one attached hydrogen (secondary N) is 1. The fraction of sp³-hybridized carbons (Fsp3) is 0.400. The van der Waals surface area contributed by atoms with Crippen molar-refractivity contribution in [1.29, 1.82) is 0 Å². The lowest BCUT2D eigenvalue weighted by molar-refractivity contribution is 0.0514. The van der Waals surface area contributed by atoms with Gasteiger partial charge in [-0.25, -0.2) is 4.79 Å². The van der Waals surface area contributed by atoms with E-state index < -0.39 is 11.7 Å². The molecule has 0 radical (unpaired) electrons. The van der Waals surface area contributed by atoms with Gasteiger partial charge >= 0.3 is 6.09 Å². The average molecular weight is 403 g/mol. The van der Waals surface area contributed by atoms with Gasteiger partial charge in [0.1, 0.15) is 5.60 Å². The highest BCUT2D eigenvalue weighted by Crippen LogP contribution is 2.39. The molecule has 1 aromatic heterocycles. The van der Waals surface area contributed by atoms with Gasteiger partial charge in [-0.05, 0) is 56.9 Å². The molecule has 1 heterocycles. The lowest BCUT2D eigenvalue weighted by Crippen LogP contribution is -2.44. The number of hydrogen-bond acceptors (Lipinski definition) is 3. The molecule has 0 saturated carbocycles. The van der Waals surface area contributed by atoms with Crippen LogP contribution in [0.1, 0.15) is 37.6 Å². The van der Waals surface area contributed by atoms with Crippen LogP contribution in [0, 0.1) is 0 Å². The van der Waals surface area contributed by atoms with Gasteiger partial charge in [-0.1, -0.05) is 40.2 Å². The molecular formula is C20H23BrN2O2. The van der Waals surface area contributed by atoms with Crippen LogP contribution in [-0.2, 0) is 23.0 Å². The van der Waals surface area contributed by atoms with Crippen molar-refractivity contribution in [2.75, 3.05) is 6.54 Å². The Morgan fingerprint density at radius 2 is 1.88 bits per heavy atom. The van der Waals surface area contributed by atoms with Crippen molar-refractivity contribution in [2.24, 2.45) is 0 Å². The molecule has 3 rings (SSSR count). The topological polar surface area (TPSA) is 51.2 Å². The van der Waals surface area contributed by atoms with E-state index in [2.05, 4.69) is 50.5 Å². The predicted molar refractivity (Wildman–Crippen MR) is 102 cm³/mol. The van der Waals surface area contributed by atoms with Crippen LogP contribution in [-0.4, -0.2) is 23.2 Å². The number of halogens is 1. The Morgan fingerprint density at radius 3 is 2.44 bits per heavy atom. The lowest BCUT2D eigenvalue weighted by atomic mass is 9.80. The smallest absolute Gasteiger partial charge is 0.407 e. The van der Waals surface area contributed by atoms with Gasteiger partial charge in [-0.15, -0.1) is 0 Å². The summed E-state index contributed by atoms with van der Waals surface area (Å²) in [5, 5.41) is 2.96. The maximum absolute atomic E-state index is 12.2. The third-order valence-electron chi connectivity index (χ3n) is 4.41. The molecule has 1 aliphatic carbocycles. The summed E-state index contributed by atoms with van der Waals surface area (Å²) < 4.78 is 6.39. The van der Waals surface area contributed by atoms with E-state index in [1.807, 2.05) is 32.9 Å². The monoisotopic (exact) mass is 402 g/mol. The Morgan fingerprint density at radius 1 is 1.24 bits per heavy atom. The molecule has 0 fully saturated rings. The summed E-state index contributed by atoms with van der Waals surface area (Å²) in [7, 11) is 0. The first kappa shape index (κ1) is 17.9. The van der Waals surface area contributed by atoms with E-state index in [9.17, 15) is 4.79 Å². The van der Waals surface area contributed by atoms with E-state index in [4.69, 9.17) is 4.74 Å². The highest BCUT2D eigenvalue weighted by Gasteiger charge is 2.40. The number of rotatable bonds is 3. The molecule has 4 nitrogen and oxygen atoms in total. The highest BCUT2D eigenvalue weighted by atomic mass is 79.9. The summed E-state index contributed by atoms with van der Waals surface area (Å²) >= 11 is 3.54. The maximum Gasteiger partial charge on any atom is 0.407 e. The largest absolute Gasteiger partial charge is 0.444 e. The number of hydrogen-bond donors (Lipinski definition) is 1. The second kappa shape index (κ2) is 6.79. The van der Waals surface area contributed by atoms with E-state index in [-0.39, 0.29) is 5.41 Å². The Kier molecular flexibility index (Phi) is 4.87. The van der Waals surface area contributed by atoms with Crippen molar-refractivity contribution in [3.05, 3.63) is 63.9 Å². The quantitative estimate of drug-likeness (QED) is 0.826. The summed E-state index contributed by atoms with van der Waals surface area (Å²) in [5.41, 5.74) is 2.84. The second-order valence-corrected chi connectivity index (χ2v) is 8.53. The number of nitrogens with zero attached hydrogens (tertiary/aromatic N) is 1. The number of amides is 1. The van der Waals surface area contributed by atoms with Gasteiger partial charge in [-0.3, -0.25) is 4.98 Å². The van der Waals surface area contributed by atoms with Gasteiger partial charge in [0.25, 0.3) is 0 Å². The molecule has 132 valence electrons. The standard InChI is InChI=1S/C20H23BrN2O2/c1-19(2,3)25-18(24)23-13-20(17-10-16(21)8-9-22-17)11-14-6-4-5-7-15(14)12-20/h4-10H,11-13H2,1-3H3,(H,23,24). The van der Waals surface area contributed by atoms with E-state index in [1.165, 1.54) is 11.1 Å². The molecule has 0 saturated heterocycles. The van der Waals surface area contributed by atoms with Gasteiger partial charge in [-0.2, -0.15) is 0 Å². The summed E-state index contributed by atoms with van der Waals surface area (Å²) in [6.45, 7) is 6.08. The minimum Gasteiger partial charge on any atom is -0.444 e. The second-order valence-electron chi connectivity index (χ2n) is 7.62. The number of ether oxygens (including phenoxy) is 1. The number of alkyl carbamates (subject to hydrolysis) is 1. The van der Waals surface area contributed by atoms with Crippen molar-refractivity contribution in [3.63, 3.8) is 0 Å². The molecule has 1 N–H and O–H groups in total. The van der Waals surface area contributed by atoms with Crippen molar-refractivity contribution < 1.29 is 9.53 Å². The molecule has 1 amide bonds. The Labute approximate surface area is 157 Å². The Hall–Kier alpha value is -1.88. The minimum absolute atomic E-state index is 0.260. The van der Waals surface area contributed by atoms with Gasteiger partial charge in [0.2, 0.25) is 0 Å². The summed E-state index contributed by atoms with van der Waals surface area (Å²) in [6.07, 6.45) is 3.11. The van der Waals surface area contributed by atoms with Crippen LogP contribution in [0.5, 0.6) is 0 Å². The molecule has 0 aliphatic heterocycles. The minimum atomic E-state index is -0.510. The zero-order valence-corrected chi connectivity index (χ0v) is 16.4. The number of carbonyl (C=O) groups excluding carboxylic acids is 1. The van der Waals surface area contributed by atoms with Gasteiger partial charge < -0.3 is 10.1 Å². The predicted octanol–water partition coefficient (Wildman–Crippen LogP) is 4.41. The Balaban J connectivity index is 1.86. The van der Waals surface area contributed by atoms with Crippen molar-refractivity contribution >= 4 is 22.0 Å². The number of carbonyl (C=O) groups is 1. The van der Waals surface area contributed by atoms with Crippen LogP contribution in [0.25, 0.3) is 0 Å². The molecule has 0 unspecified atom stereocenters. The van der Waals surface area contributed by atoms with Crippen molar-refractivity contribution in [1.82, 2.24) is 10.3 Å². The van der Waals surface area contributed by atoms with E-state index in [0.29, 0.717) is 6.54 Å². The first-order chi connectivity index (χ1) is 11.8. The number of benzene rings is 1. The van der Waals surface area contributed by atoms with Gasteiger partial charge in [0, 0.05) is 22.6 Å². The molecule has 2 aromatic rings. The SMILES string of the molecule is CC(C)(C)OC(=O)NCC1(c2cc(Br)ccn2)Cc2ccccc2C1. The van der Waals surface area contributed by atoms with Crippen molar-refractivity contribution in [2.45, 2.75) is 44.6 Å². The first-order valence-electron chi connectivity index (χ1n) is 8.43. The third-order valence-corrected chi connectivity index (χ3v) is 4.90. The lowest BCUT2D eigenvalue weighted by Gasteiger charge is -2.30. The average Bonchev–Trinajstić information content (AvgIpc) is 2.91. The maximum atomic E-state index is 12.2. The third kappa shape index (κ3) is 4.21. The van der Waals surface area contributed by atoms with Gasteiger partial charge in [0.05, 0.1) is 5.69 Å². The summed E-state index contributed by atoms with van der Waals surface area (Å²) in [6, 6.07) is 12.4. The summed E-state index contributed by atoms with van der Waals surface area (Å²) in [5.74, 6) is 0. The van der Waals surface area contributed by atoms with Crippen LogP contribution in [0.3, 0.4) is 0 Å². The van der Waals surface area contributed by atoms with Crippen molar-refractivity contribution in [3.8, 4) is 0 Å². The zero-order valence-electron chi connectivity index (χ0n) is 14.8. The van der Waals surface area contributed by atoms with Crippen LogP contribution in [0.15, 0.2) is 47.1 Å². The molecule has 0 spiro atoms. The molecule has 0 atom stereocenters. The highest BCUT2D eigenvalue weighted by molar-refractivity contribution is 9.10. The van der Waals surface area contributed by atoms with E-state index >= 15 is 0 Å². The molecule has 0 bridgehead atoms. The molecular weight excluding hydrogens is 380 g/mol. The van der Waals surface area contributed by atoms with Gasteiger partial charge in [0.15, 0.2) is 0 Å². The first-order valence-corrected chi connectivity index (χ1v) is 9.22. The van der Waals surface area contributed by atoms with Crippen LogP contribution in [0.2, 0.25) is 0 Å². The molecule has 1 aliphatic rings. The fourth-order valence-corrected chi connectivity index (χ4v) is 3.68. The normalized spacial score (nSPS) is 15.5. The zero-order chi connectivity index (χ0) is 18.1. The number of pyridine rings is 1. The van der Waals surface area contributed by atoms with Crippen LogP contribution in [0.4, 0.5) is 4.79 Å². The van der Waals surface area contributed by atoms with Crippen LogP contribution >= 0.6 is 15.9 Å². The van der Waals surface area contributed by atoms with E-state index in [0.717, 1.165) is 23.0 Å². The molecule has 1 aromatic carbocycles. The summed E-state index contributed by atoms with van der Waals surface area (Å²) in [4.78, 5) is 16.8. The fourth-order valence-electron chi connectivity index (χ4n) is 3.34. The van der Waals surface area contributed by atoms with E-state index in [1.54, 1.807) is 6.20 Å². The van der Waals surface area contributed by atoms with Crippen LogP contribution < -0.4 is 5.32 Å². The molecule has 25 heavy (non-hydrogen) atoms.